The Bertz CT molecular complexity index is 386. The van der Waals surface area contributed by atoms with Gasteiger partial charge in [-0.2, -0.15) is 0 Å². The summed E-state index contributed by atoms with van der Waals surface area (Å²) in [6.07, 6.45) is 0. The molecule has 0 unspecified atom stereocenters. The Hall–Kier alpha value is -1.22. The Morgan fingerprint density at radius 3 is 2.85 bits per heavy atom. The second kappa shape index (κ2) is 2.92. The molecule has 2 nitrogen and oxygen atoms in total. The number of hydrogen-bond donors (Lipinski definition) is 0. The summed E-state index contributed by atoms with van der Waals surface area (Å²) in [5.74, 6) is 0.0162. The van der Waals surface area contributed by atoms with Gasteiger partial charge in [0.05, 0.1) is 10.7 Å². The van der Waals surface area contributed by atoms with Gasteiger partial charge in [0.25, 0.3) is 0 Å². The van der Waals surface area contributed by atoms with E-state index in [4.69, 9.17) is 0 Å². The van der Waals surface area contributed by atoms with Crippen molar-refractivity contribution in [1.82, 2.24) is 0 Å². The second-order valence-corrected chi connectivity index (χ2v) is 3.93. The summed E-state index contributed by atoms with van der Waals surface area (Å²) in [6, 6.07) is 7.81. The summed E-state index contributed by atoms with van der Waals surface area (Å²) in [7, 11) is 0. The number of anilines is 1. The van der Waals surface area contributed by atoms with Gasteiger partial charge in [0.1, 0.15) is 0 Å². The summed E-state index contributed by atoms with van der Waals surface area (Å²) in [4.78, 5) is 14.0. The van der Waals surface area contributed by atoms with E-state index >= 15 is 0 Å². The molecule has 1 amide bonds. The van der Waals surface area contributed by atoms with Crippen molar-refractivity contribution in [3.05, 3.63) is 35.9 Å². The van der Waals surface area contributed by atoms with E-state index in [0.717, 1.165) is 15.6 Å². The van der Waals surface area contributed by atoms with Crippen molar-refractivity contribution < 1.29 is 4.79 Å². The highest BCUT2D eigenvalue weighted by molar-refractivity contribution is 8.03. The predicted molar refractivity (Wildman–Crippen MR) is 54.6 cm³/mol. The fourth-order valence-corrected chi connectivity index (χ4v) is 2.36. The zero-order valence-corrected chi connectivity index (χ0v) is 8.10. The van der Waals surface area contributed by atoms with Gasteiger partial charge >= 0.3 is 0 Å². The number of carbonyl (C=O) groups is 1. The number of rotatable bonds is 0. The van der Waals surface area contributed by atoms with E-state index in [1.54, 1.807) is 11.8 Å². The van der Waals surface area contributed by atoms with Gasteiger partial charge in [-0.1, -0.05) is 30.5 Å². The fourth-order valence-electron chi connectivity index (χ4n) is 1.38. The third-order valence-corrected chi connectivity index (χ3v) is 2.88. The number of thioether (sulfide) groups is 1. The molecule has 0 saturated carbocycles. The van der Waals surface area contributed by atoms with Crippen LogP contribution in [0.5, 0.6) is 0 Å². The van der Waals surface area contributed by atoms with E-state index in [1.165, 1.54) is 11.8 Å². The molecule has 0 N–H and O–H groups in total. The van der Waals surface area contributed by atoms with Gasteiger partial charge in [-0.15, -0.1) is 0 Å². The summed E-state index contributed by atoms with van der Waals surface area (Å²) in [6.45, 7) is 5.39. The van der Waals surface area contributed by atoms with Crippen LogP contribution in [0.2, 0.25) is 0 Å². The molecule has 2 rings (SSSR count). The number of nitrogens with zero attached hydrogens (tertiary/aromatic N) is 1. The number of para-hydroxylation sites is 1. The number of hydrogen-bond acceptors (Lipinski definition) is 2. The van der Waals surface area contributed by atoms with Crippen LogP contribution < -0.4 is 4.90 Å². The molecule has 0 aliphatic carbocycles. The topological polar surface area (TPSA) is 20.3 Å². The van der Waals surface area contributed by atoms with Crippen LogP contribution in [0.25, 0.3) is 0 Å². The van der Waals surface area contributed by atoms with E-state index in [-0.39, 0.29) is 5.91 Å². The van der Waals surface area contributed by atoms with Gasteiger partial charge in [0, 0.05) is 11.8 Å². The lowest BCUT2D eigenvalue weighted by Gasteiger charge is -2.14. The number of fused-ring (bicyclic) bond motifs is 1. The lowest BCUT2D eigenvalue weighted by molar-refractivity contribution is -0.116. The summed E-state index contributed by atoms with van der Waals surface area (Å²) < 4.78 is 0. The van der Waals surface area contributed by atoms with E-state index in [0.29, 0.717) is 0 Å². The number of carbonyl (C=O) groups excluding carboxylic acids is 1. The molecule has 0 saturated heterocycles. The number of amides is 1. The summed E-state index contributed by atoms with van der Waals surface area (Å²) in [5, 5.41) is 0.786. The molecule has 1 aromatic rings. The van der Waals surface area contributed by atoms with Crippen LogP contribution in [0.4, 0.5) is 5.69 Å². The van der Waals surface area contributed by atoms with Crippen molar-refractivity contribution in [2.24, 2.45) is 0 Å². The Morgan fingerprint density at radius 1 is 1.46 bits per heavy atom. The molecule has 3 heteroatoms. The molecule has 0 bridgehead atoms. The fraction of sp³-hybridized carbons (Fsp3) is 0.100. The van der Waals surface area contributed by atoms with Crippen LogP contribution in [0.3, 0.4) is 0 Å². The first-order valence-corrected chi connectivity index (χ1v) is 4.78. The summed E-state index contributed by atoms with van der Waals surface area (Å²) in [5.41, 5.74) is 0.949. The molecule has 0 radical (unpaired) electrons. The molecular weight excluding hydrogens is 182 g/mol. The highest BCUT2D eigenvalue weighted by Gasteiger charge is 2.25. The van der Waals surface area contributed by atoms with Crippen LogP contribution >= 0.6 is 11.8 Å². The second-order valence-electron chi connectivity index (χ2n) is 2.82. The third kappa shape index (κ3) is 1.25. The minimum Gasteiger partial charge on any atom is -0.275 e. The van der Waals surface area contributed by atoms with Gasteiger partial charge in [-0.3, -0.25) is 9.69 Å². The lowest BCUT2D eigenvalue weighted by atomic mass is 10.3. The van der Waals surface area contributed by atoms with Crippen molar-refractivity contribution in [2.45, 2.75) is 11.8 Å². The molecule has 0 atom stereocenters. The molecule has 1 aliphatic heterocycles. The van der Waals surface area contributed by atoms with E-state index in [2.05, 4.69) is 6.58 Å². The minimum absolute atomic E-state index is 0.0162. The maximum atomic E-state index is 11.3. The molecule has 0 aromatic heterocycles. The van der Waals surface area contributed by atoms with Crippen LogP contribution in [-0.2, 0) is 4.79 Å². The van der Waals surface area contributed by atoms with E-state index in [1.807, 2.05) is 24.3 Å². The zero-order chi connectivity index (χ0) is 9.42. The highest BCUT2D eigenvalue weighted by atomic mass is 32.2. The number of benzene rings is 1. The first-order valence-electron chi connectivity index (χ1n) is 3.96. The van der Waals surface area contributed by atoms with Crippen LogP contribution in [0, 0.1) is 0 Å². The Kier molecular flexibility index (Phi) is 1.88. The SMILES string of the molecule is C=C1Sc2ccccc2N1C(C)=O. The zero-order valence-electron chi connectivity index (χ0n) is 7.28. The van der Waals surface area contributed by atoms with Gasteiger partial charge in [0.2, 0.25) is 5.91 Å². The van der Waals surface area contributed by atoms with Crippen LogP contribution in [-0.4, -0.2) is 5.91 Å². The first-order chi connectivity index (χ1) is 6.20. The molecular formula is C10H9NOS. The van der Waals surface area contributed by atoms with Crippen LogP contribution in [0.1, 0.15) is 6.92 Å². The van der Waals surface area contributed by atoms with Crippen molar-refractivity contribution in [1.29, 1.82) is 0 Å². The Balaban J connectivity index is 2.52. The van der Waals surface area contributed by atoms with Crippen molar-refractivity contribution >= 4 is 23.4 Å². The smallest absolute Gasteiger partial charge is 0.228 e. The molecule has 1 aromatic carbocycles. The van der Waals surface area contributed by atoms with Crippen molar-refractivity contribution in [3.63, 3.8) is 0 Å². The maximum Gasteiger partial charge on any atom is 0.228 e. The quantitative estimate of drug-likeness (QED) is 0.628. The standard InChI is InChI=1S/C10H9NOS/c1-7(12)11-8(2)13-10-6-4-3-5-9(10)11/h3-6H,2H2,1H3. The lowest BCUT2D eigenvalue weighted by Crippen LogP contribution is -2.22. The molecule has 13 heavy (non-hydrogen) atoms. The monoisotopic (exact) mass is 191 g/mol. The molecule has 0 fully saturated rings. The molecule has 66 valence electrons. The van der Waals surface area contributed by atoms with Crippen molar-refractivity contribution in [3.8, 4) is 0 Å². The first kappa shape index (κ1) is 8.38. The van der Waals surface area contributed by atoms with Gasteiger partial charge in [-0.25, -0.2) is 0 Å². The summed E-state index contributed by atoms with van der Waals surface area (Å²) >= 11 is 1.54. The molecule has 1 aliphatic rings. The highest BCUT2D eigenvalue weighted by Crippen LogP contribution is 2.44. The average Bonchev–Trinajstić information content (AvgIpc) is 2.39. The molecule has 1 heterocycles. The van der Waals surface area contributed by atoms with E-state index < -0.39 is 0 Å². The van der Waals surface area contributed by atoms with E-state index in [9.17, 15) is 4.79 Å². The van der Waals surface area contributed by atoms with Gasteiger partial charge in [-0.05, 0) is 12.1 Å². The van der Waals surface area contributed by atoms with Crippen molar-refractivity contribution in [2.75, 3.05) is 4.90 Å². The maximum absolute atomic E-state index is 11.3. The normalized spacial score (nSPS) is 14.5. The minimum atomic E-state index is 0.0162. The average molecular weight is 191 g/mol. The predicted octanol–water partition coefficient (Wildman–Crippen LogP) is 2.62. The molecule has 0 spiro atoms. The van der Waals surface area contributed by atoms with Crippen LogP contribution in [0.15, 0.2) is 40.8 Å². The van der Waals surface area contributed by atoms with Gasteiger partial charge in [0.15, 0.2) is 0 Å². The Labute approximate surface area is 81.2 Å². The third-order valence-electron chi connectivity index (χ3n) is 1.90. The largest absolute Gasteiger partial charge is 0.275 e. The van der Waals surface area contributed by atoms with Gasteiger partial charge < -0.3 is 0 Å². The Morgan fingerprint density at radius 2 is 2.15 bits per heavy atom.